The smallest absolute Gasteiger partial charge is 0.170 e. The van der Waals surface area contributed by atoms with Gasteiger partial charge in [-0.15, -0.1) is 0 Å². The molecule has 0 aliphatic carbocycles. The summed E-state index contributed by atoms with van der Waals surface area (Å²) in [7, 11) is 0. The molecule has 0 aromatic heterocycles. The van der Waals surface area contributed by atoms with Crippen LogP contribution in [0.25, 0.3) is 0 Å². The summed E-state index contributed by atoms with van der Waals surface area (Å²) in [5, 5.41) is 46.8. The maximum atomic E-state index is 8.70. The standard InChI is InChI=1S/2C24H34N6O4/c2*25-23(27-31)19-3-7-21(8-4-19)33-17-1-11-29-13-15-30(16-14-29)12-2-18-34-22-9-5-20(6-10-22)24(26)28-32/h2*3-10,31-32H,1-2,11-18H2,(H2,25,27)(H2,26,28). The van der Waals surface area contributed by atoms with E-state index in [1.54, 1.807) is 48.5 Å². The number of nitrogens with zero attached hydrogens (tertiary/aromatic N) is 8. The topological polar surface area (TPSA) is 284 Å². The lowest BCUT2D eigenvalue weighted by Crippen LogP contribution is -2.47. The summed E-state index contributed by atoms with van der Waals surface area (Å²) >= 11 is 0. The molecule has 4 aromatic rings. The molecule has 20 heteroatoms. The summed E-state index contributed by atoms with van der Waals surface area (Å²) in [6, 6.07) is 28.8. The predicted molar refractivity (Wildman–Crippen MR) is 262 cm³/mol. The Morgan fingerprint density at radius 2 is 0.515 bits per heavy atom. The number of hydrogen-bond acceptors (Lipinski definition) is 16. The van der Waals surface area contributed by atoms with Crippen molar-refractivity contribution in [1.82, 2.24) is 19.6 Å². The normalized spacial score (nSPS) is 15.9. The fraction of sp³-hybridized carbons (Fsp3) is 0.417. The molecule has 2 aliphatic rings. The first kappa shape index (κ1) is 52.0. The molecule has 2 fully saturated rings. The van der Waals surface area contributed by atoms with Crippen LogP contribution >= 0.6 is 0 Å². The molecular weight excluding hydrogens is 873 g/mol. The molecule has 4 aromatic carbocycles. The lowest BCUT2D eigenvalue weighted by Gasteiger charge is -2.34. The van der Waals surface area contributed by atoms with Gasteiger partial charge in [0.1, 0.15) is 23.0 Å². The fourth-order valence-corrected chi connectivity index (χ4v) is 7.50. The van der Waals surface area contributed by atoms with Crippen LogP contribution in [0.1, 0.15) is 47.9 Å². The summed E-state index contributed by atoms with van der Waals surface area (Å²) in [6.45, 7) is 15.2. The summed E-state index contributed by atoms with van der Waals surface area (Å²) in [5.74, 6) is 3.46. The summed E-state index contributed by atoms with van der Waals surface area (Å²) in [6.07, 6.45) is 3.85. The molecule has 0 spiro atoms. The SMILES string of the molecule is N/C(=N\O)c1ccc(OCCCN2CCN(CCCOc3ccc(/C(N)=N/O)cc3)CC2)cc1.N/C(=N\O)c1ccc(OCCCN2CCN(CCCOc3ccc(/C(N)=N/O)cc3)CC2)cc1. The van der Waals surface area contributed by atoms with Crippen molar-refractivity contribution in [2.75, 3.05) is 105 Å². The molecule has 0 radical (unpaired) electrons. The quantitative estimate of drug-likeness (QED) is 0.0164. The largest absolute Gasteiger partial charge is 0.494 e. The second kappa shape index (κ2) is 28.9. The van der Waals surface area contributed by atoms with Crippen LogP contribution < -0.4 is 41.9 Å². The molecule has 12 N–H and O–H groups in total. The Morgan fingerprint density at radius 3 is 0.676 bits per heavy atom. The lowest BCUT2D eigenvalue weighted by atomic mass is 10.2. The molecule has 68 heavy (non-hydrogen) atoms. The maximum absolute atomic E-state index is 8.70. The second-order valence-corrected chi connectivity index (χ2v) is 16.2. The van der Waals surface area contributed by atoms with Gasteiger partial charge >= 0.3 is 0 Å². The Hall–Kier alpha value is -7.00. The number of rotatable bonds is 24. The van der Waals surface area contributed by atoms with Crippen molar-refractivity contribution in [2.45, 2.75) is 25.7 Å². The summed E-state index contributed by atoms with van der Waals surface area (Å²) < 4.78 is 23.2. The Kier molecular flexibility index (Phi) is 22.1. The van der Waals surface area contributed by atoms with Crippen molar-refractivity contribution in [1.29, 1.82) is 0 Å². The van der Waals surface area contributed by atoms with Gasteiger partial charge in [0.15, 0.2) is 23.3 Å². The van der Waals surface area contributed by atoms with Gasteiger partial charge in [-0.3, -0.25) is 0 Å². The predicted octanol–water partition coefficient (Wildman–Crippen LogP) is 3.46. The number of piperazine rings is 2. The lowest BCUT2D eigenvalue weighted by molar-refractivity contribution is 0.120. The maximum Gasteiger partial charge on any atom is 0.170 e. The molecular formula is C48H68N12O8. The van der Waals surface area contributed by atoms with Gasteiger partial charge in [-0.1, -0.05) is 20.6 Å². The van der Waals surface area contributed by atoms with Crippen molar-refractivity contribution in [3.05, 3.63) is 119 Å². The minimum Gasteiger partial charge on any atom is -0.494 e. The van der Waals surface area contributed by atoms with Crippen LogP contribution in [0.4, 0.5) is 0 Å². The molecule has 2 aliphatic heterocycles. The number of ether oxygens (including phenoxy) is 4. The van der Waals surface area contributed by atoms with Crippen LogP contribution in [-0.2, 0) is 0 Å². The van der Waals surface area contributed by atoms with Gasteiger partial charge < -0.3 is 82.3 Å². The van der Waals surface area contributed by atoms with Gasteiger partial charge in [-0.2, -0.15) is 0 Å². The van der Waals surface area contributed by atoms with Crippen molar-refractivity contribution in [3.8, 4) is 23.0 Å². The van der Waals surface area contributed by atoms with Gasteiger partial charge in [0.25, 0.3) is 0 Å². The summed E-state index contributed by atoms with van der Waals surface area (Å²) in [4.78, 5) is 9.89. The average molecular weight is 941 g/mol. The monoisotopic (exact) mass is 941 g/mol. The minimum absolute atomic E-state index is 0.0876. The number of amidine groups is 4. The third-order valence-corrected chi connectivity index (χ3v) is 11.5. The number of hydrogen-bond donors (Lipinski definition) is 8. The van der Waals surface area contributed by atoms with Crippen LogP contribution in [0, 0.1) is 0 Å². The van der Waals surface area contributed by atoms with Crippen molar-refractivity contribution in [2.24, 2.45) is 43.6 Å². The highest BCUT2D eigenvalue weighted by atomic mass is 16.5. The van der Waals surface area contributed by atoms with Crippen LogP contribution in [-0.4, -0.2) is 169 Å². The van der Waals surface area contributed by atoms with E-state index in [1.807, 2.05) is 48.5 Å². The molecule has 6 rings (SSSR count). The first-order valence-electron chi connectivity index (χ1n) is 22.9. The Bertz CT molecular complexity index is 1850. The van der Waals surface area contributed by atoms with Crippen molar-refractivity contribution in [3.63, 3.8) is 0 Å². The zero-order valence-corrected chi connectivity index (χ0v) is 38.7. The molecule has 0 atom stereocenters. The van der Waals surface area contributed by atoms with Gasteiger partial charge in [0.05, 0.1) is 26.4 Å². The van der Waals surface area contributed by atoms with E-state index >= 15 is 0 Å². The number of nitrogens with two attached hydrogens (primary N) is 4. The van der Waals surface area contributed by atoms with Crippen LogP contribution in [0.15, 0.2) is 118 Å². The van der Waals surface area contributed by atoms with E-state index in [2.05, 4.69) is 40.2 Å². The first-order chi connectivity index (χ1) is 33.2. The van der Waals surface area contributed by atoms with E-state index < -0.39 is 0 Å². The highest BCUT2D eigenvalue weighted by molar-refractivity contribution is 5.98. The van der Waals surface area contributed by atoms with Crippen LogP contribution in [0.2, 0.25) is 0 Å². The molecule has 0 amide bonds. The Balaban J connectivity index is 0.000000254. The highest BCUT2D eigenvalue weighted by Crippen LogP contribution is 2.16. The Labute approximate surface area is 398 Å². The van der Waals surface area contributed by atoms with E-state index in [0.29, 0.717) is 48.7 Å². The van der Waals surface area contributed by atoms with Gasteiger partial charge in [0.2, 0.25) is 0 Å². The average Bonchev–Trinajstić information content (AvgIpc) is 3.39. The third-order valence-electron chi connectivity index (χ3n) is 11.5. The van der Waals surface area contributed by atoms with Crippen LogP contribution in [0.5, 0.6) is 23.0 Å². The van der Waals surface area contributed by atoms with E-state index in [-0.39, 0.29) is 23.3 Å². The van der Waals surface area contributed by atoms with Crippen LogP contribution in [0.3, 0.4) is 0 Å². The highest BCUT2D eigenvalue weighted by Gasteiger charge is 2.18. The fourth-order valence-electron chi connectivity index (χ4n) is 7.50. The third kappa shape index (κ3) is 18.0. The van der Waals surface area contributed by atoms with Gasteiger partial charge in [-0.25, -0.2) is 0 Å². The number of oxime groups is 4. The second-order valence-electron chi connectivity index (χ2n) is 16.2. The molecule has 2 heterocycles. The molecule has 368 valence electrons. The Morgan fingerprint density at radius 1 is 0.338 bits per heavy atom. The van der Waals surface area contributed by atoms with Crippen molar-refractivity contribution < 1.29 is 39.8 Å². The van der Waals surface area contributed by atoms with Gasteiger partial charge in [-0.05, 0) is 123 Å². The van der Waals surface area contributed by atoms with E-state index in [1.165, 1.54) is 0 Å². The molecule has 2 saturated heterocycles. The summed E-state index contributed by atoms with van der Waals surface area (Å²) in [5.41, 5.74) is 24.9. The van der Waals surface area contributed by atoms with Gasteiger partial charge in [0, 0.05) is 101 Å². The zero-order chi connectivity index (χ0) is 48.4. The molecule has 20 nitrogen and oxygen atoms in total. The number of benzene rings is 4. The van der Waals surface area contributed by atoms with Crippen molar-refractivity contribution >= 4 is 23.3 Å². The molecule has 0 saturated carbocycles. The van der Waals surface area contributed by atoms with E-state index in [0.717, 1.165) is 127 Å². The minimum atomic E-state index is 0.0876. The molecule has 0 unspecified atom stereocenters. The van der Waals surface area contributed by atoms with E-state index in [9.17, 15) is 0 Å². The first-order valence-corrected chi connectivity index (χ1v) is 22.9. The zero-order valence-electron chi connectivity index (χ0n) is 38.7. The molecule has 0 bridgehead atoms. The van der Waals surface area contributed by atoms with E-state index in [4.69, 9.17) is 62.7 Å².